The minimum absolute atomic E-state index is 1.02. The molecule has 1 heteroatoms. The van der Waals surface area contributed by atoms with Gasteiger partial charge in [-0.05, 0) is 26.2 Å². The van der Waals surface area contributed by atoms with Crippen LogP contribution in [0.15, 0.2) is 4.99 Å². The molecule has 15 heavy (non-hydrogen) atoms. The highest BCUT2D eigenvalue weighted by atomic mass is 14.7. The van der Waals surface area contributed by atoms with E-state index in [-0.39, 0.29) is 0 Å². The van der Waals surface area contributed by atoms with Gasteiger partial charge in [-0.1, -0.05) is 52.4 Å². The zero-order chi connectivity index (χ0) is 11.4. The average molecular weight is 211 g/mol. The summed E-state index contributed by atoms with van der Waals surface area (Å²) < 4.78 is 0. The van der Waals surface area contributed by atoms with Gasteiger partial charge in [0.2, 0.25) is 0 Å². The molecule has 0 spiro atoms. The number of hydrogen-bond donors (Lipinski definition) is 0. The zero-order valence-electron chi connectivity index (χ0n) is 11.0. The molecule has 0 aliphatic heterocycles. The molecule has 90 valence electrons. The smallest absolute Gasteiger partial charge is 0.0385 e. The molecular formula is C14H29N. The number of hydrogen-bond acceptors (Lipinski definition) is 1. The van der Waals surface area contributed by atoms with Crippen LogP contribution in [-0.2, 0) is 0 Å². The highest BCUT2D eigenvalue weighted by Crippen LogP contribution is 2.08. The lowest BCUT2D eigenvalue weighted by Gasteiger charge is -2.01. The molecule has 0 heterocycles. The second kappa shape index (κ2) is 11.7. The standard InChI is InChI=1S/C14H29N/c1-4-6-7-8-9-10-11-12-14(3)15-13-5-2/h4-13H2,1-3H3. The second-order valence-corrected chi connectivity index (χ2v) is 4.49. The first-order valence-corrected chi connectivity index (χ1v) is 6.81. The van der Waals surface area contributed by atoms with Gasteiger partial charge in [0.1, 0.15) is 0 Å². The number of aliphatic imine (C=N–C) groups is 1. The molecule has 0 fully saturated rings. The fourth-order valence-corrected chi connectivity index (χ4v) is 1.72. The SMILES string of the molecule is CCCCCCCCCC(C)=NCCC. The maximum absolute atomic E-state index is 4.51. The highest BCUT2D eigenvalue weighted by molar-refractivity contribution is 5.81. The van der Waals surface area contributed by atoms with Crippen molar-refractivity contribution in [1.29, 1.82) is 0 Å². The Hall–Kier alpha value is -0.330. The van der Waals surface area contributed by atoms with E-state index < -0.39 is 0 Å². The molecule has 0 aliphatic carbocycles. The molecule has 1 nitrogen and oxygen atoms in total. The molecule has 0 saturated heterocycles. The average Bonchev–Trinajstić information content (AvgIpc) is 2.25. The lowest BCUT2D eigenvalue weighted by Crippen LogP contribution is -1.93. The Kier molecular flexibility index (Phi) is 11.5. The van der Waals surface area contributed by atoms with Crippen molar-refractivity contribution in [3.05, 3.63) is 0 Å². The van der Waals surface area contributed by atoms with Gasteiger partial charge in [-0.2, -0.15) is 0 Å². The summed E-state index contributed by atoms with van der Waals surface area (Å²) in [5, 5.41) is 0. The first kappa shape index (κ1) is 14.7. The molecule has 0 rings (SSSR count). The van der Waals surface area contributed by atoms with E-state index in [1.807, 2.05) is 0 Å². The largest absolute Gasteiger partial charge is 0.294 e. The van der Waals surface area contributed by atoms with E-state index in [1.165, 1.54) is 63.5 Å². The predicted molar refractivity (Wildman–Crippen MR) is 70.9 cm³/mol. The molecule has 0 aromatic carbocycles. The van der Waals surface area contributed by atoms with E-state index in [4.69, 9.17) is 0 Å². The van der Waals surface area contributed by atoms with E-state index in [2.05, 4.69) is 25.8 Å². The summed E-state index contributed by atoms with van der Waals surface area (Å²) in [5.74, 6) is 0. The van der Waals surface area contributed by atoms with Crippen molar-refractivity contribution >= 4 is 5.71 Å². The van der Waals surface area contributed by atoms with Crippen LogP contribution in [0.3, 0.4) is 0 Å². The topological polar surface area (TPSA) is 12.4 Å². The molecule has 0 amide bonds. The number of unbranched alkanes of at least 4 members (excludes halogenated alkanes) is 6. The van der Waals surface area contributed by atoms with Gasteiger partial charge >= 0.3 is 0 Å². The van der Waals surface area contributed by atoms with Crippen LogP contribution in [0.2, 0.25) is 0 Å². The van der Waals surface area contributed by atoms with Gasteiger partial charge in [0.05, 0.1) is 0 Å². The van der Waals surface area contributed by atoms with Crippen LogP contribution in [0.1, 0.15) is 78.6 Å². The summed E-state index contributed by atoms with van der Waals surface area (Å²) in [7, 11) is 0. The summed E-state index contributed by atoms with van der Waals surface area (Å²) >= 11 is 0. The Morgan fingerprint density at radius 1 is 0.800 bits per heavy atom. The third-order valence-corrected chi connectivity index (χ3v) is 2.75. The van der Waals surface area contributed by atoms with Gasteiger partial charge in [-0.3, -0.25) is 4.99 Å². The van der Waals surface area contributed by atoms with Crippen LogP contribution in [0.25, 0.3) is 0 Å². The van der Waals surface area contributed by atoms with Crippen molar-refractivity contribution in [2.75, 3.05) is 6.54 Å². The van der Waals surface area contributed by atoms with Gasteiger partial charge < -0.3 is 0 Å². The second-order valence-electron chi connectivity index (χ2n) is 4.49. The fraction of sp³-hybridized carbons (Fsp3) is 0.929. The molecular weight excluding hydrogens is 182 g/mol. The molecule has 0 radical (unpaired) electrons. The molecule has 0 bridgehead atoms. The third kappa shape index (κ3) is 11.6. The molecule has 0 N–H and O–H groups in total. The minimum atomic E-state index is 1.02. The van der Waals surface area contributed by atoms with Crippen molar-refractivity contribution < 1.29 is 0 Å². The van der Waals surface area contributed by atoms with Crippen molar-refractivity contribution in [3.63, 3.8) is 0 Å². The number of nitrogens with zero attached hydrogens (tertiary/aromatic N) is 1. The van der Waals surface area contributed by atoms with E-state index in [0.29, 0.717) is 0 Å². The Morgan fingerprint density at radius 3 is 2.00 bits per heavy atom. The van der Waals surface area contributed by atoms with Gasteiger partial charge in [0.25, 0.3) is 0 Å². The quantitative estimate of drug-likeness (QED) is 0.356. The van der Waals surface area contributed by atoms with E-state index >= 15 is 0 Å². The van der Waals surface area contributed by atoms with Crippen LogP contribution in [-0.4, -0.2) is 12.3 Å². The minimum Gasteiger partial charge on any atom is -0.294 e. The molecule has 0 aliphatic rings. The van der Waals surface area contributed by atoms with Crippen LogP contribution >= 0.6 is 0 Å². The van der Waals surface area contributed by atoms with Crippen LogP contribution in [0, 0.1) is 0 Å². The Balaban J connectivity index is 3.16. The Labute approximate surface area is 96.4 Å². The molecule has 0 atom stereocenters. The summed E-state index contributed by atoms with van der Waals surface area (Å²) in [5.41, 5.74) is 1.35. The maximum atomic E-state index is 4.51. The Bertz CT molecular complexity index is 149. The maximum Gasteiger partial charge on any atom is 0.0385 e. The molecule has 0 saturated carbocycles. The fourth-order valence-electron chi connectivity index (χ4n) is 1.72. The van der Waals surface area contributed by atoms with Crippen LogP contribution < -0.4 is 0 Å². The summed E-state index contributed by atoms with van der Waals surface area (Å²) in [6.45, 7) is 7.65. The zero-order valence-corrected chi connectivity index (χ0v) is 11.0. The lowest BCUT2D eigenvalue weighted by molar-refractivity contribution is 0.595. The van der Waals surface area contributed by atoms with E-state index in [9.17, 15) is 0 Å². The van der Waals surface area contributed by atoms with Gasteiger partial charge in [0, 0.05) is 12.3 Å². The van der Waals surface area contributed by atoms with Crippen molar-refractivity contribution in [1.82, 2.24) is 0 Å². The van der Waals surface area contributed by atoms with Crippen molar-refractivity contribution in [3.8, 4) is 0 Å². The van der Waals surface area contributed by atoms with Crippen LogP contribution in [0.5, 0.6) is 0 Å². The summed E-state index contributed by atoms with van der Waals surface area (Å²) in [6, 6.07) is 0. The summed E-state index contributed by atoms with van der Waals surface area (Å²) in [6.07, 6.45) is 12.2. The highest BCUT2D eigenvalue weighted by Gasteiger charge is 1.93. The van der Waals surface area contributed by atoms with Crippen molar-refractivity contribution in [2.24, 2.45) is 4.99 Å². The molecule has 0 unspecified atom stereocenters. The number of rotatable bonds is 10. The van der Waals surface area contributed by atoms with E-state index in [1.54, 1.807) is 0 Å². The predicted octanol–water partition coefficient (Wildman–Crippen LogP) is 5.00. The monoisotopic (exact) mass is 211 g/mol. The third-order valence-electron chi connectivity index (χ3n) is 2.75. The van der Waals surface area contributed by atoms with Crippen LogP contribution in [0.4, 0.5) is 0 Å². The normalized spacial score (nSPS) is 12.1. The first-order chi connectivity index (χ1) is 7.31. The van der Waals surface area contributed by atoms with Gasteiger partial charge in [0.15, 0.2) is 0 Å². The lowest BCUT2D eigenvalue weighted by atomic mass is 10.1. The molecule has 0 aromatic rings. The van der Waals surface area contributed by atoms with E-state index in [0.717, 1.165) is 6.54 Å². The Morgan fingerprint density at radius 2 is 1.40 bits per heavy atom. The first-order valence-electron chi connectivity index (χ1n) is 6.81. The molecule has 0 aromatic heterocycles. The summed E-state index contributed by atoms with van der Waals surface area (Å²) in [4.78, 5) is 4.51. The van der Waals surface area contributed by atoms with Crippen molar-refractivity contribution in [2.45, 2.75) is 78.6 Å². The van der Waals surface area contributed by atoms with Gasteiger partial charge in [-0.15, -0.1) is 0 Å². The van der Waals surface area contributed by atoms with Gasteiger partial charge in [-0.25, -0.2) is 0 Å².